The monoisotopic (exact) mass is 259 g/mol. The van der Waals surface area contributed by atoms with Gasteiger partial charge < -0.3 is 11.1 Å². The smallest absolute Gasteiger partial charge is 0.209 e. The second kappa shape index (κ2) is 4.84. The van der Waals surface area contributed by atoms with Crippen molar-refractivity contribution in [1.82, 2.24) is 14.7 Å². The van der Waals surface area contributed by atoms with E-state index in [1.54, 1.807) is 19.9 Å². The molecule has 0 saturated carbocycles. The molecule has 0 saturated heterocycles. The Hall–Kier alpha value is -1.41. The van der Waals surface area contributed by atoms with E-state index >= 15 is 0 Å². The van der Waals surface area contributed by atoms with Gasteiger partial charge in [-0.3, -0.25) is 0 Å². The van der Waals surface area contributed by atoms with E-state index in [-0.39, 0.29) is 0 Å². The summed E-state index contributed by atoms with van der Waals surface area (Å²) in [6, 6.07) is 1.58. The van der Waals surface area contributed by atoms with E-state index in [4.69, 9.17) is 5.73 Å². The van der Waals surface area contributed by atoms with Gasteiger partial charge in [0, 0.05) is 18.2 Å². The second-order valence-electron chi connectivity index (χ2n) is 4.44. The molecule has 0 aliphatic carbocycles. The predicted octanol–water partition coefficient (Wildman–Crippen LogP) is -0.201. The molecule has 4 N–H and O–H groups in total. The highest BCUT2D eigenvalue weighted by Gasteiger charge is 2.21. The van der Waals surface area contributed by atoms with E-state index in [0.717, 1.165) is 6.26 Å². The maximum Gasteiger partial charge on any atom is 0.209 e. The third-order valence-electron chi connectivity index (χ3n) is 1.86. The number of nitrogen functional groups attached to an aromatic ring is 1. The summed E-state index contributed by atoms with van der Waals surface area (Å²) in [6.07, 6.45) is 2.46. The molecule has 0 aromatic carbocycles. The molecule has 1 rings (SSSR count). The van der Waals surface area contributed by atoms with E-state index in [1.807, 2.05) is 0 Å². The van der Waals surface area contributed by atoms with Crippen LogP contribution in [0, 0.1) is 0 Å². The molecule has 96 valence electrons. The lowest BCUT2D eigenvalue weighted by molar-refractivity contribution is 0.476. The number of nitrogens with zero attached hydrogens (tertiary/aromatic N) is 2. The number of aromatic nitrogens is 2. The molecule has 1 aromatic rings. The van der Waals surface area contributed by atoms with Gasteiger partial charge in [0.1, 0.15) is 18.0 Å². The van der Waals surface area contributed by atoms with Crippen molar-refractivity contribution < 1.29 is 8.42 Å². The molecule has 1 heterocycles. The SMILES string of the molecule is CC(C)(CNc1cc(N)ncn1)NS(C)(=O)=O. The quantitative estimate of drug-likeness (QED) is 0.675. The molecule has 17 heavy (non-hydrogen) atoms. The molecule has 8 heteroatoms. The third-order valence-corrected chi connectivity index (χ3v) is 2.78. The minimum atomic E-state index is -3.24. The molecule has 0 atom stereocenters. The summed E-state index contributed by atoms with van der Waals surface area (Å²) >= 11 is 0. The lowest BCUT2D eigenvalue weighted by Crippen LogP contribution is -2.47. The van der Waals surface area contributed by atoms with Crippen LogP contribution in [0.15, 0.2) is 12.4 Å². The molecule has 0 bridgehead atoms. The molecule has 0 unspecified atom stereocenters. The Labute approximate surface area is 101 Å². The Kier molecular flexibility index (Phi) is 3.89. The zero-order valence-corrected chi connectivity index (χ0v) is 10.9. The fraction of sp³-hybridized carbons (Fsp3) is 0.556. The van der Waals surface area contributed by atoms with Crippen molar-refractivity contribution in [2.75, 3.05) is 23.9 Å². The van der Waals surface area contributed by atoms with Gasteiger partial charge in [-0.25, -0.2) is 23.1 Å². The fourth-order valence-corrected chi connectivity index (χ4v) is 2.39. The van der Waals surface area contributed by atoms with E-state index in [9.17, 15) is 8.42 Å². The first-order valence-corrected chi connectivity index (χ1v) is 6.87. The Morgan fingerprint density at radius 1 is 1.41 bits per heavy atom. The van der Waals surface area contributed by atoms with Crippen molar-refractivity contribution in [3.8, 4) is 0 Å². The number of hydrogen-bond donors (Lipinski definition) is 3. The Balaban J connectivity index is 2.61. The maximum absolute atomic E-state index is 11.1. The Bertz CT molecular complexity index is 486. The van der Waals surface area contributed by atoms with Crippen LogP contribution in [-0.4, -0.2) is 36.7 Å². The van der Waals surface area contributed by atoms with Crippen LogP contribution in [-0.2, 0) is 10.0 Å². The zero-order chi connectivity index (χ0) is 13.1. The summed E-state index contributed by atoms with van der Waals surface area (Å²) in [5, 5.41) is 2.99. The predicted molar refractivity (Wildman–Crippen MR) is 67.0 cm³/mol. The van der Waals surface area contributed by atoms with Crippen molar-refractivity contribution in [2.24, 2.45) is 0 Å². The van der Waals surface area contributed by atoms with Crippen LogP contribution in [0.5, 0.6) is 0 Å². The Morgan fingerprint density at radius 2 is 2.06 bits per heavy atom. The third kappa shape index (κ3) is 5.45. The average Bonchev–Trinajstić information content (AvgIpc) is 2.11. The van der Waals surface area contributed by atoms with Crippen molar-refractivity contribution in [3.63, 3.8) is 0 Å². The number of nitrogens with two attached hydrogens (primary N) is 1. The highest BCUT2D eigenvalue weighted by Crippen LogP contribution is 2.09. The van der Waals surface area contributed by atoms with Crippen molar-refractivity contribution in [2.45, 2.75) is 19.4 Å². The Morgan fingerprint density at radius 3 is 2.59 bits per heavy atom. The van der Waals surface area contributed by atoms with E-state index < -0.39 is 15.6 Å². The molecule has 0 radical (unpaired) electrons. The first kappa shape index (κ1) is 13.7. The summed E-state index contributed by atoms with van der Waals surface area (Å²) in [7, 11) is -3.24. The second-order valence-corrected chi connectivity index (χ2v) is 6.19. The van der Waals surface area contributed by atoms with Crippen LogP contribution < -0.4 is 15.8 Å². The van der Waals surface area contributed by atoms with Gasteiger partial charge in [-0.05, 0) is 13.8 Å². The van der Waals surface area contributed by atoms with Gasteiger partial charge >= 0.3 is 0 Å². The molecular formula is C9H17N5O2S. The standard InChI is InChI=1S/C9H17N5O2S/c1-9(2,14-17(3,15)16)5-11-8-4-7(10)12-6-13-8/h4,6,14H,5H2,1-3H3,(H3,10,11,12,13). The zero-order valence-electron chi connectivity index (χ0n) is 10.1. The lowest BCUT2D eigenvalue weighted by Gasteiger charge is -2.25. The maximum atomic E-state index is 11.1. The van der Waals surface area contributed by atoms with Crippen molar-refractivity contribution in [1.29, 1.82) is 0 Å². The molecule has 0 fully saturated rings. The normalized spacial score (nSPS) is 12.4. The lowest BCUT2D eigenvalue weighted by atomic mass is 10.1. The number of nitrogens with one attached hydrogen (secondary N) is 2. The molecule has 0 amide bonds. The van der Waals surface area contributed by atoms with Crippen LogP contribution in [0.1, 0.15) is 13.8 Å². The molecule has 7 nitrogen and oxygen atoms in total. The number of anilines is 2. The molecular weight excluding hydrogens is 242 g/mol. The van der Waals surface area contributed by atoms with Crippen LogP contribution in [0.2, 0.25) is 0 Å². The highest BCUT2D eigenvalue weighted by atomic mass is 32.2. The summed E-state index contributed by atoms with van der Waals surface area (Å²) in [5.74, 6) is 0.914. The van der Waals surface area contributed by atoms with Gasteiger partial charge in [-0.1, -0.05) is 0 Å². The average molecular weight is 259 g/mol. The number of rotatable bonds is 5. The van der Waals surface area contributed by atoms with Crippen LogP contribution in [0.25, 0.3) is 0 Å². The van der Waals surface area contributed by atoms with Crippen molar-refractivity contribution >= 4 is 21.7 Å². The minimum absolute atomic E-state index is 0.358. The van der Waals surface area contributed by atoms with Gasteiger partial charge in [0.2, 0.25) is 10.0 Å². The van der Waals surface area contributed by atoms with E-state index in [2.05, 4.69) is 20.0 Å². The van der Waals surface area contributed by atoms with Crippen LogP contribution >= 0.6 is 0 Å². The molecule has 0 spiro atoms. The summed E-state index contributed by atoms with van der Waals surface area (Å²) in [5.41, 5.74) is 4.88. The van der Waals surface area contributed by atoms with Crippen LogP contribution in [0.3, 0.4) is 0 Å². The van der Waals surface area contributed by atoms with E-state index in [0.29, 0.717) is 18.2 Å². The molecule has 0 aliphatic heterocycles. The van der Waals surface area contributed by atoms with Gasteiger partial charge in [0.05, 0.1) is 6.26 Å². The first-order valence-electron chi connectivity index (χ1n) is 4.98. The summed E-state index contributed by atoms with van der Waals surface area (Å²) in [6.45, 7) is 3.92. The van der Waals surface area contributed by atoms with Crippen molar-refractivity contribution in [3.05, 3.63) is 12.4 Å². The molecule has 0 aliphatic rings. The van der Waals surface area contributed by atoms with Gasteiger partial charge in [-0.15, -0.1) is 0 Å². The minimum Gasteiger partial charge on any atom is -0.384 e. The number of sulfonamides is 1. The number of hydrogen-bond acceptors (Lipinski definition) is 6. The van der Waals surface area contributed by atoms with Gasteiger partial charge in [0.25, 0.3) is 0 Å². The largest absolute Gasteiger partial charge is 0.384 e. The van der Waals surface area contributed by atoms with E-state index in [1.165, 1.54) is 6.33 Å². The molecule has 1 aromatic heterocycles. The van der Waals surface area contributed by atoms with Gasteiger partial charge in [0.15, 0.2) is 0 Å². The highest BCUT2D eigenvalue weighted by molar-refractivity contribution is 7.88. The van der Waals surface area contributed by atoms with Crippen LogP contribution in [0.4, 0.5) is 11.6 Å². The summed E-state index contributed by atoms with van der Waals surface area (Å²) < 4.78 is 24.8. The fourth-order valence-electron chi connectivity index (χ4n) is 1.32. The first-order chi connectivity index (χ1) is 7.68. The van der Waals surface area contributed by atoms with Gasteiger partial charge in [-0.2, -0.15) is 0 Å². The summed E-state index contributed by atoms with van der Waals surface area (Å²) in [4.78, 5) is 7.72. The topological polar surface area (TPSA) is 110 Å².